The molecule has 0 radical (unpaired) electrons. The molecule has 2 aromatic rings. The van der Waals surface area contributed by atoms with Gasteiger partial charge in [0.1, 0.15) is 6.54 Å². The van der Waals surface area contributed by atoms with Crippen molar-refractivity contribution in [2.45, 2.75) is 58.0 Å². The van der Waals surface area contributed by atoms with E-state index >= 15 is 0 Å². The van der Waals surface area contributed by atoms with Crippen molar-refractivity contribution in [3.63, 3.8) is 0 Å². The fourth-order valence-corrected chi connectivity index (χ4v) is 5.64. The second kappa shape index (κ2) is 8.70. The lowest BCUT2D eigenvalue weighted by Crippen LogP contribution is -2.49. The molecule has 1 fully saturated rings. The van der Waals surface area contributed by atoms with Gasteiger partial charge in [-0.1, -0.05) is 43.2 Å². The van der Waals surface area contributed by atoms with Crippen LogP contribution in [0.2, 0.25) is 0 Å². The molecule has 0 N–H and O–H groups in total. The summed E-state index contributed by atoms with van der Waals surface area (Å²) in [5.41, 5.74) is 2.37. The van der Waals surface area contributed by atoms with Crippen LogP contribution in [-0.2, 0) is 16.0 Å². The molecule has 0 saturated heterocycles. The van der Waals surface area contributed by atoms with Crippen molar-refractivity contribution in [3.05, 3.63) is 57.8 Å². The lowest BCUT2D eigenvalue weighted by atomic mass is 9.93. The maximum absolute atomic E-state index is 13.5. The predicted molar refractivity (Wildman–Crippen MR) is 117 cm³/mol. The highest BCUT2D eigenvalue weighted by atomic mass is 32.1. The highest BCUT2D eigenvalue weighted by molar-refractivity contribution is 7.10. The van der Waals surface area contributed by atoms with Gasteiger partial charge in [0, 0.05) is 23.4 Å². The molecule has 1 aliphatic heterocycles. The molecule has 29 heavy (non-hydrogen) atoms. The summed E-state index contributed by atoms with van der Waals surface area (Å²) in [4.78, 5) is 31.7. The molecule has 4 nitrogen and oxygen atoms in total. The predicted octanol–water partition coefficient (Wildman–Crippen LogP) is 4.65. The lowest BCUT2D eigenvalue weighted by molar-refractivity contribution is -0.145. The van der Waals surface area contributed by atoms with Crippen LogP contribution in [0.3, 0.4) is 0 Å². The lowest BCUT2D eigenvalue weighted by Gasteiger charge is -2.38. The summed E-state index contributed by atoms with van der Waals surface area (Å²) in [5.74, 6) is 0.311. The summed E-state index contributed by atoms with van der Waals surface area (Å²) >= 11 is 1.78. The first kappa shape index (κ1) is 20.1. The largest absolute Gasteiger partial charge is 0.331 e. The van der Waals surface area contributed by atoms with Gasteiger partial charge in [-0.2, -0.15) is 0 Å². The molecule has 2 aliphatic rings. The summed E-state index contributed by atoms with van der Waals surface area (Å²) in [7, 11) is 0. The number of hydrogen-bond donors (Lipinski definition) is 0. The number of carbonyl (C=O) groups is 2. The minimum absolute atomic E-state index is 0.0312. The van der Waals surface area contributed by atoms with Gasteiger partial charge in [-0.25, -0.2) is 0 Å². The van der Waals surface area contributed by atoms with Crippen molar-refractivity contribution in [1.29, 1.82) is 0 Å². The molecule has 1 aromatic heterocycles. The molecule has 5 heteroatoms. The quantitative estimate of drug-likeness (QED) is 0.720. The Labute approximate surface area is 177 Å². The molecule has 2 heterocycles. The average Bonchev–Trinajstić information content (AvgIpc) is 3.42. The number of benzene rings is 1. The Balaban J connectivity index is 1.58. The molecule has 1 aromatic carbocycles. The third kappa shape index (κ3) is 4.11. The van der Waals surface area contributed by atoms with Gasteiger partial charge in [0.05, 0.1) is 6.04 Å². The molecule has 1 aliphatic carbocycles. The van der Waals surface area contributed by atoms with Gasteiger partial charge in [-0.3, -0.25) is 9.59 Å². The molecular weight excluding hydrogens is 380 g/mol. The van der Waals surface area contributed by atoms with Gasteiger partial charge < -0.3 is 9.80 Å². The molecule has 154 valence electrons. The SMILES string of the molecule is CC(C)N(CC(=O)N1CCc2sccc2[C@@H]1c1ccccc1)C(=O)C1CCCC1. The van der Waals surface area contributed by atoms with Crippen LogP contribution in [0.1, 0.15) is 61.6 Å². The zero-order valence-corrected chi connectivity index (χ0v) is 18.2. The Hall–Kier alpha value is -2.14. The van der Waals surface area contributed by atoms with Crippen LogP contribution in [-0.4, -0.2) is 40.7 Å². The van der Waals surface area contributed by atoms with Crippen LogP contribution in [0.5, 0.6) is 0 Å². The summed E-state index contributed by atoms with van der Waals surface area (Å²) < 4.78 is 0. The van der Waals surface area contributed by atoms with E-state index in [2.05, 4.69) is 23.6 Å². The minimum Gasteiger partial charge on any atom is -0.331 e. The standard InChI is InChI=1S/C24H30N2O2S/c1-17(2)26(24(28)19-10-6-7-11-19)16-22(27)25-14-12-21-20(13-15-29-21)23(25)18-8-4-3-5-9-18/h3-5,8-9,13,15,17,19,23H,6-7,10-12,14,16H2,1-2H3/t23-/m0/s1. The third-order valence-electron chi connectivity index (χ3n) is 6.32. The van der Waals surface area contributed by atoms with Crippen molar-refractivity contribution < 1.29 is 9.59 Å². The maximum Gasteiger partial charge on any atom is 0.243 e. The van der Waals surface area contributed by atoms with E-state index in [1.165, 1.54) is 10.4 Å². The van der Waals surface area contributed by atoms with Crippen molar-refractivity contribution in [1.82, 2.24) is 9.80 Å². The van der Waals surface area contributed by atoms with Crippen molar-refractivity contribution >= 4 is 23.2 Å². The van der Waals surface area contributed by atoms with Crippen LogP contribution in [0, 0.1) is 5.92 Å². The fourth-order valence-electron chi connectivity index (χ4n) is 4.74. The normalized spacial score (nSPS) is 19.4. The van der Waals surface area contributed by atoms with E-state index in [9.17, 15) is 9.59 Å². The first-order valence-corrected chi connectivity index (χ1v) is 11.7. The second-order valence-electron chi connectivity index (χ2n) is 8.49. The molecular formula is C24H30N2O2S. The van der Waals surface area contributed by atoms with E-state index < -0.39 is 0 Å². The summed E-state index contributed by atoms with van der Waals surface area (Å²) in [5, 5.41) is 2.12. The monoisotopic (exact) mass is 410 g/mol. The van der Waals surface area contributed by atoms with Crippen LogP contribution >= 0.6 is 11.3 Å². The molecule has 0 spiro atoms. The zero-order valence-electron chi connectivity index (χ0n) is 17.3. The Kier molecular flexibility index (Phi) is 6.04. The first-order chi connectivity index (χ1) is 14.1. The van der Waals surface area contributed by atoms with Gasteiger partial charge in [0.15, 0.2) is 0 Å². The number of thiophene rings is 1. The number of fused-ring (bicyclic) bond motifs is 1. The van der Waals surface area contributed by atoms with E-state index in [1.807, 2.05) is 41.8 Å². The fraction of sp³-hybridized carbons (Fsp3) is 0.500. The van der Waals surface area contributed by atoms with E-state index in [4.69, 9.17) is 0 Å². The molecule has 2 amide bonds. The van der Waals surface area contributed by atoms with Gasteiger partial charge in [0.2, 0.25) is 11.8 Å². The minimum atomic E-state index is -0.0608. The van der Waals surface area contributed by atoms with E-state index in [0.29, 0.717) is 6.54 Å². The summed E-state index contributed by atoms with van der Waals surface area (Å²) in [6, 6.07) is 12.4. The topological polar surface area (TPSA) is 40.6 Å². The molecule has 4 rings (SSSR count). The number of carbonyl (C=O) groups excluding carboxylic acids is 2. The molecule has 0 bridgehead atoms. The van der Waals surface area contributed by atoms with Crippen LogP contribution < -0.4 is 0 Å². The van der Waals surface area contributed by atoms with Crippen LogP contribution in [0.4, 0.5) is 0 Å². The second-order valence-corrected chi connectivity index (χ2v) is 9.49. The zero-order chi connectivity index (χ0) is 20.4. The summed E-state index contributed by atoms with van der Waals surface area (Å²) in [6.07, 6.45) is 5.06. The Morgan fingerprint density at radius 2 is 1.86 bits per heavy atom. The average molecular weight is 411 g/mol. The molecule has 1 saturated carbocycles. The summed E-state index contributed by atoms with van der Waals surface area (Å²) in [6.45, 7) is 4.91. The van der Waals surface area contributed by atoms with Crippen molar-refractivity contribution in [3.8, 4) is 0 Å². The van der Waals surface area contributed by atoms with E-state index in [1.54, 1.807) is 11.3 Å². The number of nitrogens with zero attached hydrogens (tertiary/aromatic N) is 2. The van der Waals surface area contributed by atoms with Gasteiger partial charge in [-0.15, -0.1) is 11.3 Å². The Bertz CT molecular complexity index is 855. The first-order valence-electron chi connectivity index (χ1n) is 10.8. The molecule has 0 unspecified atom stereocenters. The Morgan fingerprint density at radius 1 is 1.14 bits per heavy atom. The molecule has 1 atom stereocenters. The van der Waals surface area contributed by atoms with Crippen LogP contribution in [0.15, 0.2) is 41.8 Å². The number of rotatable bonds is 5. The van der Waals surface area contributed by atoms with E-state index in [-0.39, 0.29) is 36.4 Å². The number of hydrogen-bond acceptors (Lipinski definition) is 3. The van der Waals surface area contributed by atoms with Gasteiger partial charge in [-0.05, 0) is 55.7 Å². The van der Waals surface area contributed by atoms with Crippen molar-refractivity contribution in [2.75, 3.05) is 13.1 Å². The maximum atomic E-state index is 13.5. The van der Waals surface area contributed by atoms with Crippen LogP contribution in [0.25, 0.3) is 0 Å². The van der Waals surface area contributed by atoms with Gasteiger partial charge >= 0.3 is 0 Å². The van der Waals surface area contributed by atoms with Gasteiger partial charge in [0.25, 0.3) is 0 Å². The van der Waals surface area contributed by atoms with E-state index in [0.717, 1.165) is 37.7 Å². The third-order valence-corrected chi connectivity index (χ3v) is 7.31. The highest BCUT2D eigenvalue weighted by Gasteiger charge is 2.35. The highest BCUT2D eigenvalue weighted by Crippen LogP contribution is 2.38. The van der Waals surface area contributed by atoms with Crippen molar-refractivity contribution in [2.24, 2.45) is 5.92 Å². The smallest absolute Gasteiger partial charge is 0.243 e. The number of amides is 2. The Morgan fingerprint density at radius 3 is 2.55 bits per heavy atom.